The van der Waals surface area contributed by atoms with Gasteiger partial charge >= 0.3 is 0 Å². The van der Waals surface area contributed by atoms with Gasteiger partial charge in [0.05, 0.1) is 19.5 Å². The van der Waals surface area contributed by atoms with Gasteiger partial charge < -0.3 is 15.0 Å². The normalized spacial score (nSPS) is 16.2. The van der Waals surface area contributed by atoms with Gasteiger partial charge in [-0.15, -0.1) is 0 Å². The highest BCUT2D eigenvalue weighted by Crippen LogP contribution is 2.27. The van der Waals surface area contributed by atoms with Crippen LogP contribution in [0.15, 0.2) is 36.9 Å². The van der Waals surface area contributed by atoms with E-state index in [0.29, 0.717) is 11.7 Å². The minimum Gasteiger partial charge on any atom is -0.497 e. The van der Waals surface area contributed by atoms with Gasteiger partial charge in [0, 0.05) is 6.54 Å². The molecule has 2 aromatic heterocycles. The van der Waals surface area contributed by atoms with E-state index in [0.717, 1.165) is 36.7 Å². The highest BCUT2D eigenvalue weighted by atomic mass is 16.5. The lowest BCUT2D eigenvalue weighted by atomic mass is 10.1. The third kappa shape index (κ3) is 3.28. The average Bonchev–Trinajstić information content (AvgIpc) is 3.34. The van der Waals surface area contributed by atoms with Crippen LogP contribution in [-0.2, 0) is 0 Å². The van der Waals surface area contributed by atoms with Crippen LogP contribution in [0.2, 0.25) is 0 Å². The summed E-state index contributed by atoms with van der Waals surface area (Å²) in [5, 5.41) is 3.48. The quantitative estimate of drug-likeness (QED) is 0.719. The Balaban J connectivity index is 1.56. The highest BCUT2D eigenvalue weighted by molar-refractivity contribution is 5.81. The van der Waals surface area contributed by atoms with E-state index >= 15 is 0 Å². The van der Waals surface area contributed by atoms with Gasteiger partial charge in [-0.1, -0.05) is 12.1 Å². The molecule has 2 N–H and O–H groups in total. The summed E-state index contributed by atoms with van der Waals surface area (Å²) in [6.07, 6.45) is 5.70. The summed E-state index contributed by atoms with van der Waals surface area (Å²) in [7, 11) is 1.69. The number of hydrogen-bond acceptors (Lipinski definition) is 6. The molecule has 1 saturated heterocycles. The maximum absolute atomic E-state index is 5.29. The van der Waals surface area contributed by atoms with Crippen molar-refractivity contribution in [1.29, 1.82) is 0 Å². The SMILES string of the molecule is COc1ccc([C@H](CNc2ncnc3nc[nH]c23)N2CCCC2)cc1. The molecule has 25 heavy (non-hydrogen) atoms. The van der Waals surface area contributed by atoms with Gasteiger partial charge in [-0.3, -0.25) is 4.90 Å². The van der Waals surface area contributed by atoms with Crippen LogP contribution >= 0.6 is 0 Å². The van der Waals surface area contributed by atoms with Crippen molar-refractivity contribution in [3.05, 3.63) is 42.5 Å². The number of imidazole rings is 1. The van der Waals surface area contributed by atoms with Crippen LogP contribution in [0.5, 0.6) is 5.75 Å². The highest BCUT2D eigenvalue weighted by Gasteiger charge is 2.23. The number of anilines is 1. The van der Waals surface area contributed by atoms with Crippen molar-refractivity contribution < 1.29 is 4.74 Å². The Kier molecular flexibility index (Phi) is 4.47. The second-order valence-corrected chi connectivity index (χ2v) is 6.24. The second kappa shape index (κ2) is 7.06. The van der Waals surface area contributed by atoms with Crippen LogP contribution in [0.3, 0.4) is 0 Å². The van der Waals surface area contributed by atoms with E-state index < -0.39 is 0 Å². The topological polar surface area (TPSA) is 79.0 Å². The van der Waals surface area contributed by atoms with Crippen LogP contribution in [0.1, 0.15) is 24.4 Å². The number of fused-ring (bicyclic) bond motifs is 1. The van der Waals surface area contributed by atoms with Crippen LogP contribution < -0.4 is 10.1 Å². The lowest BCUT2D eigenvalue weighted by molar-refractivity contribution is 0.255. The van der Waals surface area contributed by atoms with E-state index in [9.17, 15) is 0 Å². The number of aromatic amines is 1. The first-order valence-electron chi connectivity index (χ1n) is 8.61. The smallest absolute Gasteiger partial charge is 0.182 e. The van der Waals surface area contributed by atoms with Crippen molar-refractivity contribution >= 4 is 17.0 Å². The number of methoxy groups -OCH3 is 1. The predicted octanol–water partition coefficient (Wildman–Crippen LogP) is 2.61. The molecule has 0 unspecified atom stereocenters. The lowest BCUT2D eigenvalue weighted by Gasteiger charge is -2.28. The molecule has 1 aromatic carbocycles. The molecular weight excluding hydrogens is 316 g/mol. The summed E-state index contributed by atoms with van der Waals surface area (Å²) in [6.45, 7) is 3.03. The summed E-state index contributed by atoms with van der Waals surface area (Å²) >= 11 is 0. The third-order valence-corrected chi connectivity index (χ3v) is 4.77. The van der Waals surface area contributed by atoms with Crippen LogP contribution in [0.25, 0.3) is 11.2 Å². The number of nitrogens with one attached hydrogen (secondary N) is 2. The standard InChI is InChI=1S/C18H22N6O/c1-25-14-6-4-13(5-7-14)15(24-8-2-3-9-24)10-19-17-16-18(21-11-20-16)23-12-22-17/h4-7,11-12,15H,2-3,8-10H2,1H3,(H2,19,20,21,22,23)/t15-/m0/s1. The monoisotopic (exact) mass is 338 g/mol. The fraction of sp³-hybridized carbons (Fsp3) is 0.389. The van der Waals surface area contributed by atoms with E-state index in [-0.39, 0.29) is 0 Å². The Morgan fingerprint density at radius 3 is 2.72 bits per heavy atom. The maximum Gasteiger partial charge on any atom is 0.182 e. The lowest BCUT2D eigenvalue weighted by Crippen LogP contribution is -2.31. The number of aromatic nitrogens is 4. The van der Waals surface area contributed by atoms with E-state index in [1.165, 1.54) is 18.4 Å². The summed E-state index contributed by atoms with van der Waals surface area (Å²) in [6, 6.07) is 8.64. The van der Waals surface area contributed by atoms with Crippen molar-refractivity contribution in [3.8, 4) is 5.75 Å². The second-order valence-electron chi connectivity index (χ2n) is 6.24. The number of hydrogen-bond donors (Lipinski definition) is 2. The van der Waals surface area contributed by atoms with Crippen molar-refractivity contribution in [2.24, 2.45) is 0 Å². The Morgan fingerprint density at radius 1 is 1.16 bits per heavy atom. The predicted molar refractivity (Wildman–Crippen MR) is 96.7 cm³/mol. The maximum atomic E-state index is 5.29. The molecular formula is C18H22N6O. The van der Waals surface area contributed by atoms with Gasteiger partial charge in [0.2, 0.25) is 0 Å². The molecule has 7 heteroatoms. The van der Waals surface area contributed by atoms with Crippen molar-refractivity contribution in [2.45, 2.75) is 18.9 Å². The van der Waals surface area contributed by atoms with E-state index in [1.54, 1.807) is 19.8 Å². The van der Waals surface area contributed by atoms with Crippen molar-refractivity contribution in [3.63, 3.8) is 0 Å². The zero-order chi connectivity index (χ0) is 17.1. The van der Waals surface area contributed by atoms with E-state index in [1.807, 2.05) is 12.1 Å². The molecule has 7 nitrogen and oxygen atoms in total. The number of ether oxygens (including phenoxy) is 1. The van der Waals surface area contributed by atoms with Gasteiger partial charge in [-0.05, 0) is 43.6 Å². The first-order chi connectivity index (χ1) is 12.3. The van der Waals surface area contributed by atoms with Crippen molar-refractivity contribution in [1.82, 2.24) is 24.8 Å². The fourth-order valence-corrected chi connectivity index (χ4v) is 3.43. The third-order valence-electron chi connectivity index (χ3n) is 4.77. The number of H-pyrrole nitrogens is 1. The molecule has 0 aliphatic carbocycles. The molecule has 0 amide bonds. The zero-order valence-electron chi connectivity index (χ0n) is 14.3. The molecule has 3 aromatic rings. The largest absolute Gasteiger partial charge is 0.497 e. The van der Waals surface area contributed by atoms with E-state index in [2.05, 4.69) is 42.3 Å². The van der Waals surface area contributed by atoms with Gasteiger partial charge in [-0.25, -0.2) is 15.0 Å². The van der Waals surface area contributed by atoms with Crippen LogP contribution in [0, 0.1) is 0 Å². The van der Waals surface area contributed by atoms with Gasteiger partial charge in [-0.2, -0.15) is 0 Å². The minimum absolute atomic E-state index is 0.293. The van der Waals surface area contributed by atoms with Gasteiger partial charge in [0.25, 0.3) is 0 Å². The zero-order valence-corrected chi connectivity index (χ0v) is 14.3. The molecule has 1 aliphatic heterocycles. The molecule has 130 valence electrons. The molecule has 1 atom stereocenters. The molecule has 0 radical (unpaired) electrons. The number of nitrogens with zero attached hydrogens (tertiary/aromatic N) is 4. The van der Waals surface area contributed by atoms with Crippen molar-refractivity contribution in [2.75, 3.05) is 32.1 Å². The van der Waals surface area contributed by atoms with Gasteiger partial charge in [0.1, 0.15) is 17.6 Å². The fourth-order valence-electron chi connectivity index (χ4n) is 3.43. The van der Waals surface area contributed by atoms with E-state index in [4.69, 9.17) is 4.74 Å². The minimum atomic E-state index is 0.293. The summed E-state index contributed by atoms with van der Waals surface area (Å²) in [4.78, 5) is 18.4. The molecule has 0 saturated carbocycles. The molecule has 0 bridgehead atoms. The first kappa shape index (κ1) is 15.8. The Morgan fingerprint density at radius 2 is 1.96 bits per heavy atom. The average molecular weight is 338 g/mol. The summed E-state index contributed by atoms with van der Waals surface area (Å²) in [5.74, 6) is 1.67. The summed E-state index contributed by atoms with van der Waals surface area (Å²) in [5.41, 5.74) is 2.81. The molecule has 0 spiro atoms. The number of likely N-dealkylation sites (tertiary alicyclic amines) is 1. The molecule has 3 heterocycles. The van der Waals surface area contributed by atoms with Gasteiger partial charge in [0.15, 0.2) is 11.5 Å². The van der Waals surface area contributed by atoms with Crippen LogP contribution in [-0.4, -0.2) is 51.6 Å². The first-order valence-corrected chi connectivity index (χ1v) is 8.61. The molecule has 1 fully saturated rings. The Labute approximate surface area is 146 Å². The Bertz CT molecular complexity index is 825. The summed E-state index contributed by atoms with van der Waals surface area (Å²) < 4.78 is 5.29. The number of rotatable bonds is 6. The number of benzene rings is 1. The van der Waals surface area contributed by atoms with Crippen LogP contribution in [0.4, 0.5) is 5.82 Å². The molecule has 4 rings (SSSR count). The molecule has 1 aliphatic rings. The Hall–Kier alpha value is -2.67.